The molecular weight excluding hydrogens is 268 g/mol. The quantitative estimate of drug-likeness (QED) is 0.902. The van der Waals surface area contributed by atoms with Crippen LogP contribution in [0.4, 0.5) is 5.69 Å². The van der Waals surface area contributed by atoms with E-state index >= 15 is 0 Å². The van der Waals surface area contributed by atoms with Crippen molar-refractivity contribution in [3.05, 3.63) is 53.6 Å². The van der Waals surface area contributed by atoms with Crippen LogP contribution >= 0.6 is 0 Å². The third-order valence-corrected chi connectivity index (χ3v) is 3.25. The monoisotopic (exact) mass is 284 g/mol. The SMILES string of the molecule is NC(=O)c1cccc(CNc2ccc3c(c2)OCCO3)c1. The van der Waals surface area contributed by atoms with E-state index in [1.807, 2.05) is 30.3 Å². The van der Waals surface area contributed by atoms with Crippen LogP contribution in [0.5, 0.6) is 11.5 Å². The van der Waals surface area contributed by atoms with Crippen molar-refractivity contribution in [1.82, 2.24) is 0 Å². The van der Waals surface area contributed by atoms with E-state index in [0.717, 1.165) is 22.7 Å². The molecule has 3 N–H and O–H groups in total. The molecule has 3 rings (SSSR count). The second kappa shape index (κ2) is 5.75. The molecule has 0 spiro atoms. The molecule has 2 aromatic carbocycles. The number of fused-ring (bicyclic) bond motifs is 1. The number of carbonyl (C=O) groups excluding carboxylic acids is 1. The summed E-state index contributed by atoms with van der Waals surface area (Å²) in [4.78, 5) is 11.2. The third kappa shape index (κ3) is 3.08. The van der Waals surface area contributed by atoms with E-state index in [1.54, 1.807) is 12.1 Å². The number of hydrogen-bond donors (Lipinski definition) is 2. The summed E-state index contributed by atoms with van der Waals surface area (Å²) in [6.45, 7) is 1.75. The Morgan fingerprint density at radius 1 is 1.10 bits per heavy atom. The second-order valence-electron chi connectivity index (χ2n) is 4.78. The fourth-order valence-electron chi connectivity index (χ4n) is 2.19. The van der Waals surface area contributed by atoms with Crippen molar-refractivity contribution in [2.24, 2.45) is 5.73 Å². The van der Waals surface area contributed by atoms with Gasteiger partial charge in [-0.2, -0.15) is 0 Å². The lowest BCUT2D eigenvalue weighted by Crippen LogP contribution is -2.15. The van der Waals surface area contributed by atoms with Crippen LogP contribution in [-0.4, -0.2) is 19.1 Å². The molecule has 0 aliphatic carbocycles. The lowest BCUT2D eigenvalue weighted by Gasteiger charge is -2.19. The number of nitrogens with one attached hydrogen (secondary N) is 1. The van der Waals surface area contributed by atoms with Crippen molar-refractivity contribution in [2.45, 2.75) is 6.54 Å². The van der Waals surface area contributed by atoms with E-state index in [9.17, 15) is 4.79 Å². The summed E-state index contributed by atoms with van der Waals surface area (Å²) in [7, 11) is 0. The topological polar surface area (TPSA) is 73.6 Å². The molecule has 0 unspecified atom stereocenters. The van der Waals surface area contributed by atoms with Gasteiger partial charge in [-0.05, 0) is 29.8 Å². The first-order valence-electron chi connectivity index (χ1n) is 6.74. The average Bonchev–Trinajstić information content (AvgIpc) is 2.53. The van der Waals surface area contributed by atoms with E-state index in [-0.39, 0.29) is 0 Å². The highest BCUT2D eigenvalue weighted by molar-refractivity contribution is 5.92. The van der Waals surface area contributed by atoms with Crippen LogP contribution in [0.25, 0.3) is 0 Å². The molecule has 1 aliphatic rings. The van der Waals surface area contributed by atoms with Gasteiger partial charge in [-0.3, -0.25) is 4.79 Å². The molecule has 0 bridgehead atoms. The Bertz CT molecular complexity index is 670. The summed E-state index contributed by atoms with van der Waals surface area (Å²) in [6, 6.07) is 13.0. The molecule has 5 heteroatoms. The van der Waals surface area contributed by atoms with Gasteiger partial charge in [-0.1, -0.05) is 12.1 Å². The van der Waals surface area contributed by atoms with Gasteiger partial charge in [-0.25, -0.2) is 0 Å². The highest BCUT2D eigenvalue weighted by atomic mass is 16.6. The summed E-state index contributed by atoms with van der Waals surface area (Å²) >= 11 is 0. The molecule has 0 saturated heterocycles. The number of primary amides is 1. The Labute approximate surface area is 122 Å². The number of ether oxygens (including phenoxy) is 2. The van der Waals surface area contributed by atoms with Gasteiger partial charge in [0.15, 0.2) is 11.5 Å². The lowest BCUT2D eigenvalue weighted by atomic mass is 10.1. The maximum Gasteiger partial charge on any atom is 0.248 e. The van der Waals surface area contributed by atoms with Crippen LogP contribution in [0, 0.1) is 0 Å². The first-order valence-corrected chi connectivity index (χ1v) is 6.74. The smallest absolute Gasteiger partial charge is 0.248 e. The van der Waals surface area contributed by atoms with Gasteiger partial charge in [-0.15, -0.1) is 0 Å². The zero-order chi connectivity index (χ0) is 14.7. The largest absolute Gasteiger partial charge is 0.486 e. The number of hydrogen-bond acceptors (Lipinski definition) is 4. The van der Waals surface area contributed by atoms with Crippen LogP contribution in [0.3, 0.4) is 0 Å². The molecule has 2 aromatic rings. The van der Waals surface area contributed by atoms with Crippen molar-refractivity contribution in [2.75, 3.05) is 18.5 Å². The Hall–Kier alpha value is -2.69. The molecule has 0 saturated carbocycles. The molecule has 5 nitrogen and oxygen atoms in total. The predicted octanol–water partition coefficient (Wildman–Crippen LogP) is 2.17. The van der Waals surface area contributed by atoms with Crippen LogP contribution < -0.4 is 20.5 Å². The van der Waals surface area contributed by atoms with E-state index in [1.165, 1.54) is 0 Å². The summed E-state index contributed by atoms with van der Waals surface area (Å²) in [5, 5.41) is 3.29. The average molecular weight is 284 g/mol. The van der Waals surface area contributed by atoms with Crippen LogP contribution in [0.2, 0.25) is 0 Å². The van der Waals surface area contributed by atoms with Gasteiger partial charge in [0.2, 0.25) is 5.91 Å². The van der Waals surface area contributed by atoms with Crippen LogP contribution in [0.15, 0.2) is 42.5 Å². The van der Waals surface area contributed by atoms with E-state index in [4.69, 9.17) is 15.2 Å². The number of amides is 1. The maximum absolute atomic E-state index is 11.2. The molecule has 0 aromatic heterocycles. The van der Waals surface area contributed by atoms with E-state index in [2.05, 4.69) is 5.32 Å². The number of anilines is 1. The second-order valence-corrected chi connectivity index (χ2v) is 4.78. The molecule has 1 amide bonds. The Balaban J connectivity index is 1.70. The summed E-state index contributed by atoms with van der Waals surface area (Å²) < 4.78 is 11.0. The predicted molar refractivity (Wildman–Crippen MR) is 79.7 cm³/mol. The van der Waals surface area contributed by atoms with Gasteiger partial charge in [0.05, 0.1) is 0 Å². The molecule has 0 atom stereocenters. The molecule has 108 valence electrons. The summed E-state index contributed by atoms with van der Waals surface area (Å²) in [5.41, 5.74) is 7.71. The first kappa shape index (κ1) is 13.3. The number of carbonyl (C=O) groups is 1. The van der Waals surface area contributed by atoms with Crippen LogP contribution in [0.1, 0.15) is 15.9 Å². The zero-order valence-electron chi connectivity index (χ0n) is 11.5. The Kier molecular flexibility index (Phi) is 3.64. The van der Waals surface area contributed by atoms with E-state index < -0.39 is 5.91 Å². The number of rotatable bonds is 4. The fourth-order valence-corrected chi connectivity index (χ4v) is 2.19. The van der Waals surface area contributed by atoms with Crippen molar-refractivity contribution >= 4 is 11.6 Å². The molecule has 1 aliphatic heterocycles. The van der Waals surface area contributed by atoms with Gasteiger partial charge < -0.3 is 20.5 Å². The van der Waals surface area contributed by atoms with Crippen molar-refractivity contribution < 1.29 is 14.3 Å². The molecule has 0 fully saturated rings. The van der Waals surface area contributed by atoms with Gasteiger partial charge >= 0.3 is 0 Å². The Morgan fingerprint density at radius 3 is 2.71 bits per heavy atom. The minimum Gasteiger partial charge on any atom is -0.486 e. The zero-order valence-corrected chi connectivity index (χ0v) is 11.5. The fraction of sp³-hybridized carbons (Fsp3) is 0.188. The van der Waals surface area contributed by atoms with Gasteiger partial charge in [0.25, 0.3) is 0 Å². The summed E-state index contributed by atoms with van der Waals surface area (Å²) in [6.07, 6.45) is 0. The first-order chi connectivity index (χ1) is 10.2. The summed E-state index contributed by atoms with van der Waals surface area (Å²) in [5.74, 6) is 1.09. The third-order valence-electron chi connectivity index (χ3n) is 3.25. The van der Waals surface area contributed by atoms with E-state index in [0.29, 0.717) is 25.3 Å². The normalized spacial score (nSPS) is 12.8. The molecule has 0 radical (unpaired) electrons. The molecular formula is C16H16N2O3. The lowest BCUT2D eigenvalue weighted by molar-refractivity contribution is 0.1000. The maximum atomic E-state index is 11.2. The van der Waals surface area contributed by atoms with Crippen molar-refractivity contribution in [1.29, 1.82) is 0 Å². The minimum atomic E-state index is -0.420. The highest BCUT2D eigenvalue weighted by Gasteiger charge is 2.11. The minimum absolute atomic E-state index is 0.420. The van der Waals surface area contributed by atoms with Crippen molar-refractivity contribution in [3.8, 4) is 11.5 Å². The van der Waals surface area contributed by atoms with Crippen molar-refractivity contribution in [3.63, 3.8) is 0 Å². The van der Waals surface area contributed by atoms with Gasteiger partial charge in [0.1, 0.15) is 13.2 Å². The molecule has 21 heavy (non-hydrogen) atoms. The Morgan fingerprint density at radius 2 is 1.90 bits per heavy atom. The van der Waals surface area contributed by atoms with Gasteiger partial charge in [0, 0.05) is 23.9 Å². The highest BCUT2D eigenvalue weighted by Crippen LogP contribution is 2.32. The number of nitrogens with two attached hydrogens (primary N) is 1. The standard InChI is InChI=1S/C16H16N2O3/c17-16(19)12-3-1-2-11(8-12)10-18-13-4-5-14-15(9-13)21-7-6-20-14/h1-5,8-9,18H,6-7,10H2,(H2,17,19). The number of benzene rings is 2. The molecule has 1 heterocycles. The van der Waals surface area contributed by atoms with Crippen LogP contribution in [-0.2, 0) is 6.54 Å².